The minimum atomic E-state index is -0.104. The van der Waals surface area contributed by atoms with Crippen molar-refractivity contribution in [2.45, 2.75) is 0 Å². The van der Waals surface area contributed by atoms with Gasteiger partial charge < -0.3 is 4.42 Å². The Hall–Kier alpha value is -1.77. The van der Waals surface area contributed by atoms with Crippen LogP contribution >= 0.6 is 23.2 Å². The Balaban J connectivity index is 2.31. The molecule has 3 rings (SSSR count). The molecule has 0 saturated carbocycles. The summed E-state index contributed by atoms with van der Waals surface area (Å²) in [5.74, 6) is 0.413. The zero-order chi connectivity index (χ0) is 13.4. The smallest absolute Gasteiger partial charge is 0.193 e. The summed E-state index contributed by atoms with van der Waals surface area (Å²) >= 11 is 12.1. The van der Waals surface area contributed by atoms with Crippen molar-refractivity contribution in [3.63, 3.8) is 0 Å². The van der Waals surface area contributed by atoms with Gasteiger partial charge in [0, 0.05) is 16.7 Å². The van der Waals surface area contributed by atoms with Crippen LogP contribution in [0.2, 0.25) is 10.0 Å². The zero-order valence-corrected chi connectivity index (χ0v) is 11.2. The van der Waals surface area contributed by atoms with Crippen molar-refractivity contribution in [1.82, 2.24) is 0 Å². The molecule has 2 aromatic carbocycles. The fraction of sp³-hybridized carbons (Fsp3) is 0. The van der Waals surface area contributed by atoms with E-state index in [0.717, 1.165) is 0 Å². The number of hydrogen-bond acceptors (Lipinski definition) is 2. The van der Waals surface area contributed by atoms with E-state index in [-0.39, 0.29) is 5.43 Å². The largest absolute Gasteiger partial charge is 0.456 e. The lowest BCUT2D eigenvalue weighted by Gasteiger charge is -2.05. The third kappa shape index (κ3) is 2.25. The van der Waals surface area contributed by atoms with E-state index in [9.17, 15) is 4.79 Å². The second-order valence-corrected chi connectivity index (χ2v) is 4.94. The Kier molecular flexibility index (Phi) is 3.05. The van der Waals surface area contributed by atoms with E-state index in [1.165, 1.54) is 6.07 Å². The molecule has 1 heterocycles. The SMILES string of the molecule is O=c1cc(-c2cc(Cl)ccc2Cl)oc2ccccc12. The van der Waals surface area contributed by atoms with E-state index in [2.05, 4.69) is 0 Å². The highest BCUT2D eigenvalue weighted by molar-refractivity contribution is 6.35. The van der Waals surface area contributed by atoms with Gasteiger partial charge in [-0.05, 0) is 30.3 Å². The van der Waals surface area contributed by atoms with E-state index >= 15 is 0 Å². The molecule has 19 heavy (non-hydrogen) atoms. The van der Waals surface area contributed by atoms with Gasteiger partial charge in [0.25, 0.3) is 0 Å². The van der Waals surface area contributed by atoms with Gasteiger partial charge in [0.2, 0.25) is 0 Å². The minimum Gasteiger partial charge on any atom is -0.456 e. The maximum Gasteiger partial charge on any atom is 0.193 e. The van der Waals surface area contributed by atoms with Gasteiger partial charge in [0.05, 0.1) is 10.4 Å². The quantitative estimate of drug-likeness (QED) is 0.646. The van der Waals surface area contributed by atoms with Gasteiger partial charge in [-0.2, -0.15) is 0 Å². The highest BCUT2D eigenvalue weighted by Crippen LogP contribution is 2.31. The Bertz CT molecular complexity index is 822. The normalized spacial score (nSPS) is 10.8. The lowest BCUT2D eigenvalue weighted by atomic mass is 10.1. The monoisotopic (exact) mass is 290 g/mol. The van der Waals surface area contributed by atoms with Gasteiger partial charge in [-0.3, -0.25) is 4.79 Å². The summed E-state index contributed by atoms with van der Waals surface area (Å²) in [5.41, 5.74) is 1.03. The lowest BCUT2D eigenvalue weighted by Crippen LogP contribution is -2.00. The predicted molar refractivity (Wildman–Crippen MR) is 77.9 cm³/mol. The first-order valence-electron chi connectivity index (χ1n) is 5.63. The second-order valence-electron chi connectivity index (χ2n) is 4.10. The first kappa shape index (κ1) is 12.3. The molecule has 0 fully saturated rings. The highest BCUT2D eigenvalue weighted by atomic mass is 35.5. The minimum absolute atomic E-state index is 0.104. The van der Waals surface area contributed by atoms with Crippen molar-refractivity contribution in [3.05, 3.63) is 68.8 Å². The molecule has 0 aliphatic rings. The van der Waals surface area contributed by atoms with Crippen molar-refractivity contribution < 1.29 is 4.42 Å². The molecule has 0 radical (unpaired) electrons. The van der Waals surface area contributed by atoms with E-state index in [0.29, 0.717) is 32.3 Å². The number of rotatable bonds is 1. The summed E-state index contributed by atoms with van der Waals surface area (Å²) in [7, 11) is 0. The fourth-order valence-corrected chi connectivity index (χ4v) is 2.31. The van der Waals surface area contributed by atoms with Gasteiger partial charge in [0.15, 0.2) is 5.43 Å². The number of para-hydroxylation sites is 1. The van der Waals surface area contributed by atoms with Crippen LogP contribution in [0.3, 0.4) is 0 Å². The van der Waals surface area contributed by atoms with Gasteiger partial charge in [-0.25, -0.2) is 0 Å². The molecule has 4 heteroatoms. The molecular formula is C15H8Cl2O2. The van der Waals surface area contributed by atoms with Crippen LogP contribution < -0.4 is 5.43 Å². The fourth-order valence-electron chi connectivity index (χ4n) is 1.92. The van der Waals surface area contributed by atoms with E-state index < -0.39 is 0 Å². The summed E-state index contributed by atoms with van der Waals surface area (Å²) < 4.78 is 5.72. The van der Waals surface area contributed by atoms with Crippen molar-refractivity contribution in [2.75, 3.05) is 0 Å². The Morgan fingerprint density at radius 2 is 1.74 bits per heavy atom. The molecule has 0 bridgehead atoms. The average Bonchev–Trinajstić information content (AvgIpc) is 2.41. The molecule has 0 amide bonds. The summed E-state index contributed by atoms with van der Waals surface area (Å²) in [6.45, 7) is 0. The lowest BCUT2D eigenvalue weighted by molar-refractivity contribution is 0.619. The maximum absolute atomic E-state index is 12.0. The standard InChI is InChI=1S/C15H8Cl2O2/c16-9-5-6-12(17)11(7-9)15-8-13(18)10-3-1-2-4-14(10)19-15/h1-8H. The zero-order valence-electron chi connectivity index (χ0n) is 9.69. The molecule has 0 aliphatic carbocycles. The third-order valence-corrected chi connectivity index (χ3v) is 3.39. The van der Waals surface area contributed by atoms with Crippen molar-refractivity contribution >= 4 is 34.2 Å². The Labute approximate surface area is 119 Å². The van der Waals surface area contributed by atoms with Crippen LogP contribution in [0.4, 0.5) is 0 Å². The molecule has 0 unspecified atom stereocenters. The van der Waals surface area contributed by atoms with Crippen molar-refractivity contribution in [2.24, 2.45) is 0 Å². The van der Waals surface area contributed by atoms with E-state index in [4.69, 9.17) is 27.6 Å². The Morgan fingerprint density at radius 3 is 2.58 bits per heavy atom. The van der Waals surface area contributed by atoms with Gasteiger partial charge in [0.1, 0.15) is 11.3 Å². The van der Waals surface area contributed by atoms with Crippen LogP contribution in [-0.2, 0) is 0 Å². The molecule has 0 saturated heterocycles. The predicted octanol–water partition coefficient (Wildman–Crippen LogP) is 4.77. The molecule has 0 aliphatic heterocycles. The molecule has 0 atom stereocenters. The van der Waals surface area contributed by atoms with Crippen LogP contribution in [0.1, 0.15) is 0 Å². The van der Waals surface area contributed by atoms with Crippen molar-refractivity contribution in [1.29, 1.82) is 0 Å². The number of hydrogen-bond donors (Lipinski definition) is 0. The number of halogens is 2. The van der Waals surface area contributed by atoms with E-state index in [1.54, 1.807) is 36.4 Å². The van der Waals surface area contributed by atoms with Gasteiger partial charge >= 0.3 is 0 Å². The molecular weight excluding hydrogens is 283 g/mol. The topological polar surface area (TPSA) is 30.2 Å². The Morgan fingerprint density at radius 1 is 0.947 bits per heavy atom. The summed E-state index contributed by atoms with van der Waals surface area (Å²) in [6.07, 6.45) is 0. The molecule has 0 spiro atoms. The summed E-state index contributed by atoms with van der Waals surface area (Å²) in [4.78, 5) is 12.0. The third-order valence-electron chi connectivity index (χ3n) is 2.83. The molecule has 3 aromatic rings. The van der Waals surface area contributed by atoms with Gasteiger partial charge in [-0.15, -0.1) is 0 Å². The molecule has 0 N–H and O–H groups in total. The first-order chi connectivity index (χ1) is 9.15. The molecule has 94 valence electrons. The second kappa shape index (κ2) is 4.72. The van der Waals surface area contributed by atoms with Gasteiger partial charge in [-0.1, -0.05) is 35.3 Å². The van der Waals surface area contributed by atoms with E-state index in [1.807, 2.05) is 6.07 Å². The highest BCUT2D eigenvalue weighted by Gasteiger charge is 2.10. The van der Waals surface area contributed by atoms with Crippen molar-refractivity contribution in [3.8, 4) is 11.3 Å². The number of fused-ring (bicyclic) bond motifs is 1. The maximum atomic E-state index is 12.0. The number of benzene rings is 2. The first-order valence-corrected chi connectivity index (χ1v) is 6.39. The van der Waals surface area contributed by atoms with Crippen LogP contribution in [0.15, 0.2) is 57.7 Å². The van der Waals surface area contributed by atoms with Crippen LogP contribution in [0.5, 0.6) is 0 Å². The van der Waals surface area contributed by atoms with Crippen LogP contribution in [-0.4, -0.2) is 0 Å². The average molecular weight is 291 g/mol. The molecule has 2 nitrogen and oxygen atoms in total. The molecule has 1 aromatic heterocycles. The van der Waals surface area contributed by atoms with Crippen LogP contribution in [0.25, 0.3) is 22.3 Å². The summed E-state index contributed by atoms with van der Waals surface area (Å²) in [6, 6.07) is 13.6. The summed E-state index contributed by atoms with van der Waals surface area (Å²) in [5, 5.41) is 1.57. The van der Waals surface area contributed by atoms with Crippen LogP contribution in [0, 0.1) is 0 Å².